The van der Waals surface area contributed by atoms with Gasteiger partial charge in [0.1, 0.15) is 5.52 Å². The van der Waals surface area contributed by atoms with Crippen LogP contribution in [0.2, 0.25) is 0 Å². The molecule has 1 aliphatic rings. The van der Waals surface area contributed by atoms with Crippen molar-refractivity contribution in [2.24, 2.45) is 5.92 Å². The minimum absolute atomic E-state index is 0.0943. The first-order chi connectivity index (χ1) is 13.0. The van der Waals surface area contributed by atoms with Crippen LogP contribution in [0.5, 0.6) is 0 Å². The first kappa shape index (κ1) is 20.4. The van der Waals surface area contributed by atoms with Crippen LogP contribution in [0.15, 0.2) is 28.7 Å². The maximum absolute atomic E-state index is 13.4. The third-order valence-electron chi connectivity index (χ3n) is 4.31. The third kappa shape index (κ3) is 4.94. The van der Waals surface area contributed by atoms with Gasteiger partial charge in [-0.2, -0.15) is 26.3 Å². The lowest BCUT2D eigenvalue weighted by Crippen LogP contribution is -2.44. The van der Waals surface area contributed by atoms with E-state index in [4.69, 9.17) is 4.42 Å². The van der Waals surface area contributed by atoms with Crippen molar-refractivity contribution in [3.63, 3.8) is 0 Å². The Balaban J connectivity index is 1.75. The second kappa shape index (κ2) is 7.61. The fourth-order valence-corrected chi connectivity index (χ4v) is 3.12. The van der Waals surface area contributed by atoms with Crippen molar-refractivity contribution >= 4 is 17.1 Å². The van der Waals surface area contributed by atoms with Gasteiger partial charge in [-0.25, -0.2) is 4.98 Å². The Bertz CT molecular complexity index is 799. The molecular weight excluding hydrogens is 394 g/mol. The molecule has 1 fully saturated rings. The van der Waals surface area contributed by atoms with Gasteiger partial charge in [0, 0.05) is 6.54 Å². The topological polar surface area (TPSA) is 55.6 Å². The summed E-state index contributed by atoms with van der Waals surface area (Å²) >= 11 is 0. The molecule has 2 atom stereocenters. The van der Waals surface area contributed by atoms with E-state index in [1.807, 2.05) is 0 Å². The van der Waals surface area contributed by atoms with Crippen LogP contribution in [0.1, 0.15) is 24.8 Å². The molecule has 11 heteroatoms. The summed E-state index contributed by atoms with van der Waals surface area (Å²) in [5, 5.41) is 0. The van der Waals surface area contributed by atoms with E-state index in [-0.39, 0.29) is 37.0 Å². The largest absolute Gasteiger partial charge is 0.442 e. The summed E-state index contributed by atoms with van der Waals surface area (Å²) in [6.45, 7) is -1.45. The second-order valence-corrected chi connectivity index (χ2v) is 6.57. The summed E-state index contributed by atoms with van der Waals surface area (Å²) < 4.78 is 87.5. The van der Waals surface area contributed by atoms with Crippen LogP contribution in [0, 0.1) is 5.92 Å². The SMILES string of the molecule is O=C(O[C@@H](c1nc2ccccc2o1)C(F)(F)F)[C@@H]1CCCN(CC(F)(F)F)C1. The van der Waals surface area contributed by atoms with Crippen LogP contribution < -0.4 is 0 Å². The van der Waals surface area contributed by atoms with Crippen LogP contribution in [0.3, 0.4) is 0 Å². The van der Waals surface area contributed by atoms with Gasteiger partial charge in [-0.3, -0.25) is 9.69 Å². The van der Waals surface area contributed by atoms with E-state index in [1.165, 1.54) is 12.1 Å². The molecule has 0 saturated carbocycles. The summed E-state index contributed by atoms with van der Waals surface area (Å²) in [4.78, 5) is 17.0. The van der Waals surface area contributed by atoms with Gasteiger partial charge in [-0.15, -0.1) is 0 Å². The predicted octanol–water partition coefficient (Wildman–Crippen LogP) is 4.25. The van der Waals surface area contributed by atoms with Gasteiger partial charge in [0.2, 0.25) is 5.89 Å². The minimum Gasteiger partial charge on any atom is -0.442 e. The fourth-order valence-electron chi connectivity index (χ4n) is 3.12. The summed E-state index contributed by atoms with van der Waals surface area (Å²) in [6.07, 6.45) is -11.8. The summed E-state index contributed by atoms with van der Waals surface area (Å²) in [5.74, 6) is -3.15. The molecule has 1 aliphatic heterocycles. The maximum atomic E-state index is 13.4. The Morgan fingerprint density at radius 2 is 1.96 bits per heavy atom. The highest BCUT2D eigenvalue weighted by Gasteiger charge is 2.48. The van der Waals surface area contributed by atoms with E-state index >= 15 is 0 Å². The Morgan fingerprint density at radius 3 is 2.61 bits per heavy atom. The molecule has 5 nitrogen and oxygen atoms in total. The monoisotopic (exact) mass is 410 g/mol. The van der Waals surface area contributed by atoms with Crippen molar-refractivity contribution in [2.75, 3.05) is 19.6 Å². The van der Waals surface area contributed by atoms with Gasteiger partial charge in [0.25, 0.3) is 6.10 Å². The summed E-state index contributed by atoms with van der Waals surface area (Å²) in [5.41, 5.74) is 0.258. The van der Waals surface area contributed by atoms with Crippen molar-refractivity contribution in [2.45, 2.75) is 31.3 Å². The number of piperidine rings is 1. The standard InChI is InChI=1S/C17H16F6N2O3/c18-16(19,20)9-25-7-3-4-10(8-25)15(26)28-13(17(21,22)23)14-24-11-5-1-2-6-12(11)27-14/h1-2,5-6,10,13H,3-4,7-9H2/t10-,13+/m1/s1. The van der Waals surface area contributed by atoms with Gasteiger partial charge >= 0.3 is 18.3 Å². The number of hydrogen-bond donors (Lipinski definition) is 0. The molecule has 154 valence electrons. The molecule has 0 unspecified atom stereocenters. The van der Waals surface area contributed by atoms with E-state index in [0.29, 0.717) is 0 Å². The zero-order valence-electron chi connectivity index (χ0n) is 14.4. The number of benzene rings is 1. The second-order valence-electron chi connectivity index (χ2n) is 6.57. The smallest absolute Gasteiger partial charge is 0.434 e. The molecule has 0 radical (unpaired) electrons. The van der Waals surface area contributed by atoms with Crippen LogP contribution >= 0.6 is 0 Å². The normalized spacial score (nSPS) is 20.3. The van der Waals surface area contributed by atoms with Crippen molar-refractivity contribution in [3.8, 4) is 0 Å². The van der Waals surface area contributed by atoms with Crippen molar-refractivity contribution in [1.82, 2.24) is 9.88 Å². The fraction of sp³-hybridized carbons (Fsp3) is 0.529. The van der Waals surface area contributed by atoms with Crippen molar-refractivity contribution in [3.05, 3.63) is 30.2 Å². The van der Waals surface area contributed by atoms with Gasteiger partial charge in [0.15, 0.2) is 5.58 Å². The quantitative estimate of drug-likeness (QED) is 0.557. The molecule has 1 aromatic heterocycles. The van der Waals surface area contributed by atoms with Gasteiger partial charge in [0.05, 0.1) is 12.5 Å². The van der Waals surface area contributed by atoms with E-state index < -0.39 is 42.8 Å². The number of halogens is 6. The molecule has 3 rings (SSSR count). The number of carbonyl (C=O) groups excluding carboxylic acids is 1. The number of ether oxygens (including phenoxy) is 1. The number of nitrogens with zero attached hydrogens (tertiary/aromatic N) is 2. The average molecular weight is 410 g/mol. The van der Waals surface area contributed by atoms with E-state index in [1.54, 1.807) is 12.1 Å². The summed E-state index contributed by atoms with van der Waals surface area (Å²) in [6, 6.07) is 5.95. The first-order valence-electron chi connectivity index (χ1n) is 8.45. The summed E-state index contributed by atoms with van der Waals surface area (Å²) in [7, 11) is 0. The third-order valence-corrected chi connectivity index (χ3v) is 4.31. The van der Waals surface area contributed by atoms with Gasteiger partial charge in [-0.1, -0.05) is 12.1 Å². The molecule has 1 aromatic carbocycles. The van der Waals surface area contributed by atoms with Crippen molar-refractivity contribution in [1.29, 1.82) is 0 Å². The number of aromatic nitrogens is 1. The van der Waals surface area contributed by atoms with Gasteiger partial charge in [-0.05, 0) is 31.5 Å². The van der Waals surface area contributed by atoms with Crippen LogP contribution in [-0.2, 0) is 9.53 Å². The lowest BCUT2D eigenvalue weighted by atomic mass is 9.98. The Morgan fingerprint density at radius 1 is 1.25 bits per heavy atom. The predicted molar refractivity (Wildman–Crippen MR) is 84.1 cm³/mol. The lowest BCUT2D eigenvalue weighted by Gasteiger charge is -2.32. The molecule has 28 heavy (non-hydrogen) atoms. The molecule has 2 heterocycles. The zero-order chi connectivity index (χ0) is 20.5. The number of para-hydroxylation sites is 2. The molecule has 1 saturated heterocycles. The van der Waals surface area contributed by atoms with Gasteiger partial charge < -0.3 is 9.15 Å². The maximum Gasteiger partial charge on any atom is 0.434 e. The Kier molecular flexibility index (Phi) is 5.55. The van der Waals surface area contributed by atoms with Crippen LogP contribution in [-0.4, -0.2) is 47.8 Å². The number of hydrogen-bond acceptors (Lipinski definition) is 5. The average Bonchev–Trinajstić information content (AvgIpc) is 3.00. The molecule has 0 N–H and O–H groups in total. The molecule has 2 aromatic rings. The highest BCUT2D eigenvalue weighted by atomic mass is 19.4. The number of esters is 1. The first-order valence-corrected chi connectivity index (χ1v) is 8.45. The van der Waals surface area contributed by atoms with E-state index in [2.05, 4.69) is 9.72 Å². The Hall–Kier alpha value is -2.30. The Labute approximate surface area is 155 Å². The number of oxazole rings is 1. The number of likely N-dealkylation sites (tertiary alicyclic amines) is 1. The lowest BCUT2D eigenvalue weighted by molar-refractivity contribution is -0.232. The number of carbonyl (C=O) groups is 1. The van der Waals surface area contributed by atoms with Crippen LogP contribution in [0.25, 0.3) is 11.1 Å². The molecular formula is C17H16F6N2O3. The highest BCUT2D eigenvalue weighted by Crippen LogP contribution is 2.38. The van der Waals surface area contributed by atoms with Crippen molar-refractivity contribution < 1.29 is 40.3 Å². The van der Waals surface area contributed by atoms with E-state index in [9.17, 15) is 31.1 Å². The number of alkyl halides is 6. The van der Waals surface area contributed by atoms with Crippen LogP contribution in [0.4, 0.5) is 26.3 Å². The zero-order valence-corrected chi connectivity index (χ0v) is 14.4. The minimum atomic E-state index is -4.99. The number of fused-ring (bicyclic) bond motifs is 1. The highest BCUT2D eigenvalue weighted by molar-refractivity contribution is 5.74. The molecule has 0 bridgehead atoms. The van der Waals surface area contributed by atoms with E-state index in [0.717, 1.165) is 4.90 Å². The molecule has 0 amide bonds. The molecule has 0 aliphatic carbocycles. The number of rotatable bonds is 4. The molecule has 0 spiro atoms.